The van der Waals surface area contributed by atoms with E-state index in [1.54, 1.807) is 22.2 Å². The zero-order valence-corrected chi connectivity index (χ0v) is 19.6. The summed E-state index contributed by atoms with van der Waals surface area (Å²) in [6, 6.07) is 16.0. The Labute approximate surface area is 188 Å². The number of thioether (sulfide) groups is 2. The fraction of sp³-hybridized carbons (Fsp3) is 0.385. The molecule has 1 aliphatic carbocycles. The van der Waals surface area contributed by atoms with Gasteiger partial charge in [-0.2, -0.15) is 0 Å². The molecule has 0 aromatic heterocycles. The first-order valence-corrected chi connectivity index (χ1v) is 12.6. The normalized spacial score (nSPS) is 25.3. The zero-order chi connectivity index (χ0) is 21.1. The first kappa shape index (κ1) is 21.6. The molecule has 0 radical (unpaired) electrons. The third-order valence-electron chi connectivity index (χ3n) is 6.51. The van der Waals surface area contributed by atoms with Gasteiger partial charge in [-0.05, 0) is 86.2 Å². The van der Waals surface area contributed by atoms with Crippen molar-refractivity contribution in [3.63, 3.8) is 0 Å². The lowest BCUT2D eigenvalue weighted by molar-refractivity contribution is 0.298. The van der Waals surface area contributed by atoms with Gasteiger partial charge in [0, 0.05) is 27.8 Å². The van der Waals surface area contributed by atoms with E-state index in [1.807, 2.05) is 23.9 Å². The summed E-state index contributed by atoms with van der Waals surface area (Å²) in [6.07, 6.45) is 4.60. The standard InChI is InChI=1S/C26H30FNS2/c1-4-26-14-13-20(16-29-23-11-7-21(27)8-12-23)17-30-25(26)19(3)15-24(26)28-22-9-5-18(2)6-10-22/h5-12,16,24,28H,4,13-15,17H2,1-3H3. The molecule has 0 spiro atoms. The Bertz CT molecular complexity index is 946. The van der Waals surface area contributed by atoms with Crippen molar-refractivity contribution in [2.45, 2.75) is 57.4 Å². The minimum absolute atomic E-state index is 0.177. The second-order valence-electron chi connectivity index (χ2n) is 8.52. The third-order valence-corrected chi connectivity index (χ3v) is 9.06. The highest BCUT2D eigenvalue weighted by Gasteiger charge is 2.47. The molecule has 1 N–H and O–H groups in total. The molecule has 1 heterocycles. The number of benzene rings is 2. The van der Waals surface area contributed by atoms with Crippen molar-refractivity contribution in [2.24, 2.45) is 5.41 Å². The average Bonchev–Trinajstić information content (AvgIpc) is 2.89. The molecular weight excluding hydrogens is 409 g/mol. The van der Waals surface area contributed by atoms with Crippen molar-refractivity contribution in [3.8, 4) is 0 Å². The number of fused-ring (bicyclic) bond motifs is 1. The van der Waals surface area contributed by atoms with Gasteiger partial charge in [0.15, 0.2) is 0 Å². The van der Waals surface area contributed by atoms with Crippen LogP contribution in [0, 0.1) is 18.2 Å². The van der Waals surface area contributed by atoms with Gasteiger partial charge >= 0.3 is 0 Å². The Morgan fingerprint density at radius 1 is 1.13 bits per heavy atom. The van der Waals surface area contributed by atoms with Crippen molar-refractivity contribution in [2.75, 3.05) is 11.1 Å². The van der Waals surface area contributed by atoms with Crippen LogP contribution in [0.5, 0.6) is 0 Å². The van der Waals surface area contributed by atoms with Crippen LogP contribution in [0.1, 0.15) is 45.1 Å². The Balaban J connectivity index is 1.51. The molecule has 2 aromatic carbocycles. The van der Waals surface area contributed by atoms with Gasteiger partial charge in [-0.15, -0.1) is 11.8 Å². The van der Waals surface area contributed by atoms with E-state index in [2.05, 4.69) is 55.8 Å². The van der Waals surface area contributed by atoms with Crippen LogP contribution >= 0.6 is 23.5 Å². The summed E-state index contributed by atoms with van der Waals surface area (Å²) in [6.45, 7) is 6.81. The molecule has 4 rings (SSSR count). The molecule has 1 saturated heterocycles. The molecule has 2 aromatic rings. The summed E-state index contributed by atoms with van der Waals surface area (Å²) in [5, 5.41) is 6.17. The highest BCUT2D eigenvalue weighted by Crippen LogP contribution is 2.57. The summed E-state index contributed by atoms with van der Waals surface area (Å²) in [4.78, 5) is 2.71. The lowest BCUT2D eigenvalue weighted by atomic mass is 9.75. The molecule has 30 heavy (non-hydrogen) atoms. The highest BCUT2D eigenvalue weighted by molar-refractivity contribution is 8.03. The predicted octanol–water partition coefficient (Wildman–Crippen LogP) is 8.19. The summed E-state index contributed by atoms with van der Waals surface area (Å²) in [5.41, 5.74) is 5.79. The second kappa shape index (κ2) is 9.23. The monoisotopic (exact) mass is 439 g/mol. The fourth-order valence-electron chi connectivity index (χ4n) is 4.73. The molecular formula is C26H30FNS2. The van der Waals surface area contributed by atoms with Crippen LogP contribution in [-0.2, 0) is 0 Å². The number of nitrogens with one attached hydrogen (secondary N) is 1. The van der Waals surface area contributed by atoms with Crippen LogP contribution in [0.3, 0.4) is 0 Å². The Kier molecular flexibility index (Phi) is 6.64. The SMILES string of the molecule is CCC12CCC(=CSc3ccc(F)cc3)CSC1=C(C)CC2Nc1ccc(C)cc1. The molecule has 0 saturated carbocycles. The minimum Gasteiger partial charge on any atom is -0.381 e. The largest absolute Gasteiger partial charge is 0.381 e. The van der Waals surface area contributed by atoms with Crippen LogP contribution < -0.4 is 5.32 Å². The third kappa shape index (κ3) is 4.50. The fourth-order valence-corrected chi connectivity index (χ4v) is 7.20. The van der Waals surface area contributed by atoms with Crippen molar-refractivity contribution >= 4 is 29.2 Å². The molecule has 0 bridgehead atoms. The van der Waals surface area contributed by atoms with Gasteiger partial charge < -0.3 is 5.32 Å². The van der Waals surface area contributed by atoms with E-state index in [0.29, 0.717) is 6.04 Å². The van der Waals surface area contributed by atoms with Gasteiger partial charge in [-0.3, -0.25) is 0 Å². The van der Waals surface area contributed by atoms with E-state index in [0.717, 1.165) is 29.9 Å². The van der Waals surface area contributed by atoms with Crippen LogP contribution in [0.2, 0.25) is 0 Å². The number of hydrogen-bond acceptors (Lipinski definition) is 3. The van der Waals surface area contributed by atoms with E-state index in [-0.39, 0.29) is 11.2 Å². The Hall–Kier alpha value is -1.65. The molecule has 4 heteroatoms. The summed E-state index contributed by atoms with van der Waals surface area (Å²) < 4.78 is 13.2. The molecule has 1 fully saturated rings. The quantitative estimate of drug-likeness (QED) is 0.472. The molecule has 2 atom stereocenters. The van der Waals surface area contributed by atoms with Crippen molar-refractivity contribution < 1.29 is 4.39 Å². The predicted molar refractivity (Wildman–Crippen MR) is 131 cm³/mol. The summed E-state index contributed by atoms with van der Waals surface area (Å²) in [7, 11) is 0. The van der Waals surface area contributed by atoms with Crippen LogP contribution in [0.25, 0.3) is 0 Å². The maximum Gasteiger partial charge on any atom is 0.123 e. The number of aryl methyl sites for hydroxylation is 1. The molecule has 1 nitrogen and oxygen atoms in total. The maximum absolute atomic E-state index is 13.2. The van der Waals surface area contributed by atoms with Gasteiger partial charge in [0.25, 0.3) is 0 Å². The lowest BCUT2D eigenvalue weighted by Crippen LogP contribution is -2.37. The van der Waals surface area contributed by atoms with E-state index in [9.17, 15) is 4.39 Å². The topological polar surface area (TPSA) is 12.0 Å². The van der Waals surface area contributed by atoms with Crippen molar-refractivity contribution in [1.82, 2.24) is 0 Å². The van der Waals surface area contributed by atoms with Crippen molar-refractivity contribution in [1.29, 1.82) is 0 Å². The first-order chi connectivity index (χ1) is 14.5. The first-order valence-electron chi connectivity index (χ1n) is 10.8. The highest BCUT2D eigenvalue weighted by atomic mass is 32.2. The van der Waals surface area contributed by atoms with Crippen LogP contribution in [-0.4, -0.2) is 11.8 Å². The van der Waals surface area contributed by atoms with Crippen molar-refractivity contribution in [3.05, 3.63) is 81.4 Å². The number of hydrogen-bond donors (Lipinski definition) is 1. The number of halogens is 1. The molecule has 0 amide bonds. The summed E-state index contributed by atoms with van der Waals surface area (Å²) >= 11 is 3.76. The van der Waals surface area contributed by atoms with Gasteiger partial charge in [0.2, 0.25) is 0 Å². The smallest absolute Gasteiger partial charge is 0.123 e. The van der Waals surface area contributed by atoms with Gasteiger partial charge in [0.1, 0.15) is 5.82 Å². The van der Waals surface area contributed by atoms with E-state index in [4.69, 9.17) is 0 Å². The average molecular weight is 440 g/mol. The molecule has 2 unspecified atom stereocenters. The lowest BCUT2D eigenvalue weighted by Gasteiger charge is -2.37. The van der Waals surface area contributed by atoms with E-state index >= 15 is 0 Å². The Morgan fingerprint density at radius 2 is 1.87 bits per heavy atom. The number of anilines is 1. The van der Waals surface area contributed by atoms with Gasteiger partial charge in [-0.1, -0.05) is 47.5 Å². The van der Waals surface area contributed by atoms with Crippen LogP contribution in [0.4, 0.5) is 10.1 Å². The number of rotatable bonds is 5. The second-order valence-corrected chi connectivity index (χ2v) is 10.5. The molecule has 158 valence electrons. The summed E-state index contributed by atoms with van der Waals surface area (Å²) in [5.74, 6) is 0.879. The molecule has 2 aliphatic rings. The zero-order valence-electron chi connectivity index (χ0n) is 18.0. The molecule has 1 aliphatic heterocycles. The van der Waals surface area contributed by atoms with Crippen LogP contribution in [0.15, 0.2) is 74.9 Å². The van der Waals surface area contributed by atoms with E-state index < -0.39 is 0 Å². The Morgan fingerprint density at radius 3 is 2.57 bits per heavy atom. The van der Waals surface area contributed by atoms with Gasteiger partial charge in [-0.25, -0.2) is 4.39 Å². The van der Waals surface area contributed by atoms with E-state index in [1.165, 1.54) is 35.4 Å². The maximum atomic E-state index is 13.2. The van der Waals surface area contributed by atoms with Gasteiger partial charge in [0.05, 0.1) is 0 Å². The minimum atomic E-state index is -0.177.